The molecular formula is C60H113NO5. The van der Waals surface area contributed by atoms with Gasteiger partial charge in [0.05, 0.1) is 25.4 Å². The Bertz CT molecular complexity index is 1070. The summed E-state index contributed by atoms with van der Waals surface area (Å²) in [6, 6.07) is -0.632. The van der Waals surface area contributed by atoms with Crippen LogP contribution in [0, 0.1) is 0 Å². The van der Waals surface area contributed by atoms with Crippen LogP contribution in [0.15, 0.2) is 36.5 Å². The standard InChI is InChI=1S/C60H113NO5/c1-3-5-7-9-11-13-15-16-17-23-26-29-33-36-40-44-48-52-58(63)57(56-62)61-59(64)53-49-45-41-37-34-30-27-24-21-19-18-20-22-25-28-31-35-39-43-47-51-55-66-60(65)54-50-46-42-38-32-14-12-10-8-6-4-2/h31,35,43,47-48,52,57-58,62-63H,3-30,32-34,36-42,44-46,49-51,53-56H2,1-2H3,(H,61,64)/b35-31-,47-43-,52-48+. The molecule has 0 aromatic rings. The normalized spacial score (nSPS) is 12.8. The lowest BCUT2D eigenvalue weighted by Crippen LogP contribution is -2.45. The van der Waals surface area contributed by atoms with Gasteiger partial charge in [-0.2, -0.15) is 0 Å². The minimum absolute atomic E-state index is 0.0363. The quantitative estimate of drug-likeness (QED) is 0.0321. The molecule has 0 aromatic heterocycles. The van der Waals surface area contributed by atoms with E-state index in [1.165, 1.54) is 231 Å². The molecule has 2 unspecified atom stereocenters. The summed E-state index contributed by atoms with van der Waals surface area (Å²) in [6.45, 7) is 4.80. The SMILES string of the molecule is CCCCCCCCCCCCCCCCC/C=C/C(O)C(CO)NC(=O)CCCCCCCCCCCCCCCC/C=C\C/C=C\CCOC(=O)CCCCCCCCCCCCC. The molecule has 0 fully saturated rings. The summed E-state index contributed by atoms with van der Waals surface area (Å²) in [5.41, 5.74) is 0. The van der Waals surface area contributed by atoms with E-state index in [1.54, 1.807) is 6.08 Å². The molecule has 0 heterocycles. The summed E-state index contributed by atoms with van der Waals surface area (Å²) in [6.07, 6.45) is 69.0. The van der Waals surface area contributed by atoms with E-state index in [4.69, 9.17) is 4.74 Å². The number of aliphatic hydroxyl groups excluding tert-OH is 2. The van der Waals surface area contributed by atoms with Crippen LogP contribution in [0.25, 0.3) is 0 Å². The number of hydrogen-bond donors (Lipinski definition) is 3. The molecule has 66 heavy (non-hydrogen) atoms. The molecule has 0 rings (SSSR count). The average Bonchev–Trinajstić information content (AvgIpc) is 3.32. The molecule has 1 amide bonds. The highest BCUT2D eigenvalue weighted by atomic mass is 16.5. The summed E-state index contributed by atoms with van der Waals surface area (Å²) in [5, 5.41) is 23.1. The van der Waals surface area contributed by atoms with Crippen molar-refractivity contribution in [2.45, 2.75) is 321 Å². The number of aliphatic hydroxyl groups is 2. The van der Waals surface area contributed by atoms with Crippen LogP contribution < -0.4 is 5.32 Å². The van der Waals surface area contributed by atoms with E-state index in [9.17, 15) is 19.8 Å². The molecule has 0 aliphatic heterocycles. The number of rotatable bonds is 54. The minimum Gasteiger partial charge on any atom is -0.465 e. The van der Waals surface area contributed by atoms with Gasteiger partial charge < -0.3 is 20.3 Å². The van der Waals surface area contributed by atoms with Crippen LogP contribution in [0.2, 0.25) is 0 Å². The van der Waals surface area contributed by atoms with E-state index >= 15 is 0 Å². The van der Waals surface area contributed by atoms with Crippen LogP contribution in [0.5, 0.6) is 0 Å². The van der Waals surface area contributed by atoms with E-state index in [-0.39, 0.29) is 18.5 Å². The predicted molar refractivity (Wildman–Crippen MR) is 287 cm³/mol. The molecule has 6 nitrogen and oxygen atoms in total. The number of nitrogens with one attached hydrogen (secondary N) is 1. The fraction of sp³-hybridized carbons (Fsp3) is 0.867. The van der Waals surface area contributed by atoms with E-state index in [0.717, 1.165) is 51.4 Å². The molecule has 0 aliphatic rings. The van der Waals surface area contributed by atoms with Gasteiger partial charge in [-0.05, 0) is 51.4 Å². The third kappa shape index (κ3) is 51.5. The second-order valence-corrected chi connectivity index (χ2v) is 20.0. The second kappa shape index (κ2) is 55.7. The van der Waals surface area contributed by atoms with Crippen molar-refractivity contribution in [1.29, 1.82) is 0 Å². The molecule has 3 N–H and O–H groups in total. The Morgan fingerprint density at radius 3 is 1.15 bits per heavy atom. The number of carbonyl (C=O) groups is 2. The van der Waals surface area contributed by atoms with Gasteiger partial charge in [-0.3, -0.25) is 9.59 Å². The summed E-state index contributed by atoms with van der Waals surface area (Å²) < 4.78 is 5.40. The van der Waals surface area contributed by atoms with Crippen molar-refractivity contribution >= 4 is 11.9 Å². The first-order valence-electron chi connectivity index (χ1n) is 29.3. The Morgan fingerprint density at radius 2 is 0.758 bits per heavy atom. The Kier molecular flexibility index (Phi) is 54.1. The van der Waals surface area contributed by atoms with Gasteiger partial charge in [0.15, 0.2) is 0 Å². The number of hydrogen-bond acceptors (Lipinski definition) is 5. The fourth-order valence-corrected chi connectivity index (χ4v) is 8.94. The summed E-state index contributed by atoms with van der Waals surface area (Å²) in [5.74, 6) is -0.108. The van der Waals surface area contributed by atoms with E-state index < -0.39 is 12.1 Å². The molecule has 0 saturated carbocycles. The third-order valence-corrected chi connectivity index (χ3v) is 13.4. The molecule has 0 bridgehead atoms. The number of ether oxygens (including phenoxy) is 1. The Labute approximate surface area is 411 Å². The van der Waals surface area contributed by atoms with Crippen molar-refractivity contribution in [3.8, 4) is 0 Å². The van der Waals surface area contributed by atoms with Crippen molar-refractivity contribution in [1.82, 2.24) is 5.32 Å². The van der Waals surface area contributed by atoms with Gasteiger partial charge in [0.2, 0.25) is 5.91 Å². The summed E-state index contributed by atoms with van der Waals surface area (Å²) in [7, 11) is 0. The first kappa shape index (κ1) is 64.1. The summed E-state index contributed by atoms with van der Waals surface area (Å²) >= 11 is 0. The highest BCUT2D eigenvalue weighted by Gasteiger charge is 2.18. The van der Waals surface area contributed by atoms with Crippen LogP contribution in [-0.4, -0.2) is 47.4 Å². The maximum absolute atomic E-state index is 12.5. The van der Waals surface area contributed by atoms with E-state index in [0.29, 0.717) is 19.4 Å². The molecule has 0 aliphatic carbocycles. The van der Waals surface area contributed by atoms with E-state index in [2.05, 4.69) is 43.5 Å². The predicted octanol–water partition coefficient (Wildman–Crippen LogP) is 18.0. The molecule has 0 radical (unpaired) electrons. The average molecular weight is 929 g/mol. The van der Waals surface area contributed by atoms with Crippen molar-refractivity contribution in [2.24, 2.45) is 0 Å². The van der Waals surface area contributed by atoms with Crippen LogP contribution in [-0.2, 0) is 14.3 Å². The van der Waals surface area contributed by atoms with Crippen molar-refractivity contribution in [3.05, 3.63) is 36.5 Å². The Morgan fingerprint density at radius 1 is 0.424 bits per heavy atom. The molecule has 0 saturated heterocycles. The van der Waals surface area contributed by atoms with Crippen molar-refractivity contribution in [2.75, 3.05) is 13.2 Å². The van der Waals surface area contributed by atoms with Gasteiger partial charge in [-0.1, -0.05) is 281 Å². The van der Waals surface area contributed by atoms with Crippen molar-refractivity contribution in [3.63, 3.8) is 0 Å². The number of amides is 1. The molecule has 2 atom stereocenters. The van der Waals surface area contributed by atoms with Gasteiger partial charge in [-0.15, -0.1) is 0 Å². The highest BCUT2D eigenvalue weighted by molar-refractivity contribution is 5.76. The van der Waals surface area contributed by atoms with Gasteiger partial charge >= 0.3 is 5.97 Å². The molecule has 388 valence electrons. The monoisotopic (exact) mass is 928 g/mol. The Hall–Kier alpha value is -1.92. The van der Waals surface area contributed by atoms with Gasteiger partial charge in [0, 0.05) is 12.8 Å². The van der Waals surface area contributed by atoms with Crippen LogP contribution in [0.4, 0.5) is 0 Å². The molecule has 0 spiro atoms. The lowest BCUT2D eigenvalue weighted by molar-refractivity contribution is -0.143. The smallest absolute Gasteiger partial charge is 0.305 e. The largest absolute Gasteiger partial charge is 0.465 e. The van der Waals surface area contributed by atoms with Gasteiger partial charge in [0.25, 0.3) is 0 Å². The molecule has 0 aromatic carbocycles. The fourth-order valence-electron chi connectivity index (χ4n) is 8.94. The second-order valence-electron chi connectivity index (χ2n) is 20.0. The zero-order valence-corrected chi connectivity index (χ0v) is 44.2. The topological polar surface area (TPSA) is 95.9 Å². The zero-order chi connectivity index (χ0) is 47.9. The molecular weight excluding hydrogens is 815 g/mol. The maximum atomic E-state index is 12.5. The van der Waals surface area contributed by atoms with E-state index in [1.807, 2.05) is 6.08 Å². The lowest BCUT2D eigenvalue weighted by atomic mass is 10.0. The maximum Gasteiger partial charge on any atom is 0.305 e. The minimum atomic E-state index is -0.848. The first-order chi connectivity index (χ1) is 32.5. The van der Waals surface area contributed by atoms with Crippen LogP contribution in [0.3, 0.4) is 0 Å². The van der Waals surface area contributed by atoms with Gasteiger partial charge in [0.1, 0.15) is 0 Å². The number of unbranched alkanes of at least 4 members (excludes halogenated alkanes) is 39. The summed E-state index contributed by atoms with van der Waals surface area (Å²) in [4.78, 5) is 24.4. The number of carbonyl (C=O) groups excluding carboxylic acids is 2. The van der Waals surface area contributed by atoms with Crippen LogP contribution >= 0.6 is 0 Å². The zero-order valence-electron chi connectivity index (χ0n) is 44.2. The number of allylic oxidation sites excluding steroid dienone is 4. The highest BCUT2D eigenvalue weighted by Crippen LogP contribution is 2.17. The molecule has 6 heteroatoms. The lowest BCUT2D eigenvalue weighted by Gasteiger charge is -2.20. The number of esters is 1. The third-order valence-electron chi connectivity index (χ3n) is 13.4. The van der Waals surface area contributed by atoms with Gasteiger partial charge in [-0.25, -0.2) is 0 Å². The van der Waals surface area contributed by atoms with Crippen LogP contribution in [0.1, 0.15) is 309 Å². The first-order valence-corrected chi connectivity index (χ1v) is 29.3. The Balaban J connectivity index is 3.49. The van der Waals surface area contributed by atoms with Crippen molar-refractivity contribution < 1.29 is 24.5 Å².